The maximum Gasteiger partial charge on any atom is 0.240 e. The Balaban J connectivity index is 4.40. The maximum atomic E-state index is 11.9. The van der Waals surface area contributed by atoms with Crippen molar-refractivity contribution in [1.29, 1.82) is 0 Å². The van der Waals surface area contributed by atoms with Gasteiger partial charge in [0.1, 0.15) is 9.84 Å². The molecule has 0 aromatic carbocycles. The molecule has 5 nitrogen and oxygen atoms in total. The summed E-state index contributed by atoms with van der Waals surface area (Å²) in [5, 5.41) is 0. The Kier molecular flexibility index (Phi) is 6.85. The predicted molar refractivity (Wildman–Crippen MR) is 68.0 cm³/mol. The third-order valence-corrected chi connectivity index (χ3v) is 3.18. The molecule has 98 valence electrons. The molecule has 1 amide bonds. The van der Waals surface area contributed by atoms with E-state index in [1.54, 1.807) is 0 Å². The van der Waals surface area contributed by atoms with E-state index in [1.807, 2.05) is 6.92 Å². The van der Waals surface area contributed by atoms with Crippen LogP contribution in [-0.2, 0) is 14.6 Å². The van der Waals surface area contributed by atoms with E-state index in [9.17, 15) is 13.2 Å². The first kappa shape index (κ1) is 15.9. The van der Waals surface area contributed by atoms with Gasteiger partial charge in [-0.15, -0.1) is 6.42 Å². The van der Waals surface area contributed by atoms with Crippen LogP contribution in [0, 0.1) is 12.3 Å². The van der Waals surface area contributed by atoms with Crippen molar-refractivity contribution in [1.82, 2.24) is 4.90 Å². The van der Waals surface area contributed by atoms with Gasteiger partial charge in [-0.25, -0.2) is 8.42 Å². The van der Waals surface area contributed by atoms with Gasteiger partial charge in [-0.1, -0.05) is 12.8 Å². The highest BCUT2D eigenvalue weighted by Gasteiger charge is 2.20. The fourth-order valence-corrected chi connectivity index (χ4v) is 2.03. The molecule has 0 saturated carbocycles. The Morgan fingerprint density at radius 1 is 1.53 bits per heavy atom. The molecule has 1 unspecified atom stereocenters. The highest BCUT2D eigenvalue weighted by Crippen LogP contribution is 2.01. The summed E-state index contributed by atoms with van der Waals surface area (Å²) in [6.07, 6.45) is 7.19. The van der Waals surface area contributed by atoms with E-state index in [4.69, 9.17) is 12.2 Å². The minimum absolute atomic E-state index is 0.0874. The number of rotatable bonds is 7. The summed E-state index contributed by atoms with van der Waals surface area (Å²) in [5.74, 6) is 2.02. The average molecular weight is 260 g/mol. The summed E-state index contributed by atoms with van der Waals surface area (Å²) in [6, 6.07) is -0.801. The highest BCUT2D eigenvalue weighted by molar-refractivity contribution is 7.90. The topological polar surface area (TPSA) is 80.5 Å². The summed E-state index contributed by atoms with van der Waals surface area (Å²) >= 11 is 0. The predicted octanol–water partition coefficient (Wildman–Crippen LogP) is -0.380. The Morgan fingerprint density at radius 2 is 2.12 bits per heavy atom. The fourth-order valence-electron chi connectivity index (χ4n) is 1.35. The van der Waals surface area contributed by atoms with Gasteiger partial charge in [0.25, 0.3) is 0 Å². The van der Waals surface area contributed by atoms with Crippen LogP contribution in [0.25, 0.3) is 0 Å². The van der Waals surface area contributed by atoms with Crippen molar-refractivity contribution in [3.8, 4) is 12.3 Å². The second-order valence-electron chi connectivity index (χ2n) is 3.99. The standard InChI is InChI=1S/C11H20N2O3S/c1-4-7-13(8-5-2)11(14)10(12)6-9-17(3,15)16/h1,10H,5-9,12H2,2-3H3. The lowest BCUT2D eigenvalue weighted by Crippen LogP contribution is -2.45. The van der Waals surface area contributed by atoms with Gasteiger partial charge in [0, 0.05) is 12.8 Å². The monoisotopic (exact) mass is 260 g/mol. The van der Waals surface area contributed by atoms with Crippen molar-refractivity contribution in [2.45, 2.75) is 25.8 Å². The molecule has 0 saturated heterocycles. The van der Waals surface area contributed by atoms with Gasteiger partial charge in [-0.3, -0.25) is 4.79 Å². The summed E-state index contributed by atoms with van der Waals surface area (Å²) in [4.78, 5) is 13.3. The van der Waals surface area contributed by atoms with Crippen LogP contribution in [-0.4, -0.2) is 50.4 Å². The summed E-state index contributed by atoms with van der Waals surface area (Å²) in [7, 11) is -3.09. The maximum absolute atomic E-state index is 11.9. The lowest BCUT2D eigenvalue weighted by atomic mass is 10.2. The van der Waals surface area contributed by atoms with E-state index in [-0.39, 0.29) is 24.6 Å². The van der Waals surface area contributed by atoms with E-state index in [2.05, 4.69) is 5.92 Å². The molecule has 0 aliphatic heterocycles. The minimum Gasteiger partial charge on any atom is -0.330 e. The van der Waals surface area contributed by atoms with Crippen LogP contribution in [0.4, 0.5) is 0 Å². The van der Waals surface area contributed by atoms with E-state index in [0.717, 1.165) is 12.7 Å². The lowest BCUT2D eigenvalue weighted by Gasteiger charge is -2.23. The first-order chi connectivity index (χ1) is 7.81. The number of nitrogens with zero attached hydrogens (tertiary/aromatic N) is 1. The molecular formula is C11H20N2O3S. The van der Waals surface area contributed by atoms with Crippen LogP contribution < -0.4 is 5.73 Å². The zero-order chi connectivity index (χ0) is 13.5. The first-order valence-electron chi connectivity index (χ1n) is 5.47. The fraction of sp³-hybridized carbons (Fsp3) is 0.727. The molecule has 0 rings (SSSR count). The molecule has 0 radical (unpaired) electrons. The lowest BCUT2D eigenvalue weighted by molar-refractivity contribution is -0.132. The Labute approximate surface area is 103 Å². The Bertz CT molecular complexity index is 384. The molecule has 2 N–H and O–H groups in total. The molecule has 0 fully saturated rings. The summed E-state index contributed by atoms with van der Waals surface area (Å²) in [6.45, 7) is 2.67. The highest BCUT2D eigenvalue weighted by atomic mass is 32.2. The molecule has 0 heterocycles. The van der Waals surface area contributed by atoms with Crippen molar-refractivity contribution < 1.29 is 13.2 Å². The molecule has 0 aromatic rings. The van der Waals surface area contributed by atoms with Crippen molar-refractivity contribution in [2.75, 3.05) is 25.1 Å². The first-order valence-corrected chi connectivity index (χ1v) is 7.53. The van der Waals surface area contributed by atoms with Gasteiger partial charge >= 0.3 is 0 Å². The van der Waals surface area contributed by atoms with Crippen molar-refractivity contribution in [3.63, 3.8) is 0 Å². The summed E-state index contributed by atoms with van der Waals surface area (Å²) in [5.41, 5.74) is 5.66. The zero-order valence-corrected chi connectivity index (χ0v) is 11.2. The van der Waals surface area contributed by atoms with Gasteiger partial charge in [-0.05, 0) is 12.8 Å². The average Bonchev–Trinajstić information content (AvgIpc) is 2.23. The number of carbonyl (C=O) groups is 1. The smallest absolute Gasteiger partial charge is 0.240 e. The number of carbonyl (C=O) groups excluding carboxylic acids is 1. The third kappa shape index (κ3) is 6.97. The van der Waals surface area contributed by atoms with Crippen LogP contribution >= 0.6 is 0 Å². The Hall–Kier alpha value is -1.06. The molecule has 17 heavy (non-hydrogen) atoms. The van der Waals surface area contributed by atoms with Crippen LogP contribution in [0.5, 0.6) is 0 Å². The Morgan fingerprint density at radius 3 is 2.53 bits per heavy atom. The second kappa shape index (κ2) is 7.30. The number of amides is 1. The number of terminal acetylenes is 1. The molecule has 0 bridgehead atoms. The molecule has 0 aromatic heterocycles. The molecule has 0 aliphatic rings. The van der Waals surface area contributed by atoms with Crippen LogP contribution in [0.2, 0.25) is 0 Å². The molecule has 0 aliphatic carbocycles. The third-order valence-electron chi connectivity index (χ3n) is 2.20. The van der Waals surface area contributed by atoms with Crippen molar-refractivity contribution in [3.05, 3.63) is 0 Å². The van der Waals surface area contributed by atoms with Crippen molar-refractivity contribution in [2.24, 2.45) is 5.73 Å². The van der Waals surface area contributed by atoms with Gasteiger partial charge < -0.3 is 10.6 Å². The minimum atomic E-state index is -3.09. The molecule has 1 atom stereocenters. The number of nitrogens with two attached hydrogens (primary N) is 1. The van der Waals surface area contributed by atoms with Gasteiger partial charge in [0.15, 0.2) is 0 Å². The van der Waals surface area contributed by atoms with E-state index in [0.29, 0.717) is 6.54 Å². The number of hydrogen-bond acceptors (Lipinski definition) is 4. The van der Waals surface area contributed by atoms with Crippen LogP contribution in [0.1, 0.15) is 19.8 Å². The number of hydrogen-bond donors (Lipinski definition) is 1. The van der Waals surface area contributed by atoms with Crippen LogP contribution in [0.15, 0.2) is 0 Å². The molecule has 6 heteroatoms. The summed E-state index contributed by atoms with van der Waals surface area (Å²) < 4.78 is 21.9. The normalized spacial score (nSPS) is 12.8. The van der Waals surface area contributed by atoms with Crippen LogP contribution in [0.3, 0.4) is 0 Å². The van der Waals surface area contributed by atoms with Gasteiger partial charge in [0.2, 0.25) is 5.91 Å². The zero-order valence-electron chi connectivity index (χ0n) is 10.3. The quantitative estimate of drug-likeness (QED) is 0.633. The second-order valence-corrected chi connectivity index (χ2v) is 6.25. The van der Waals surface area contributed by atoms with Gasteiger partial charge in [-0.2, -0.15) is 0 Å². The van der Waals surface area contributed by atoms with E-state index < -0.39 is 15.9 Å². The van der Waals surface area contributed by atoms with Gasteiger partial charge in [0.05, 0.1) is 18.3 Å². The molecule has 0 spiro atoms. The largest absolute Gasteiger partial charge is 0.330 e. The van der Waals surface area contributed by atoms with Crippen molar-refractivity contribution >= 4 is 15.7 Å². The van der Waals surface area contributed by atoms with E-state index >= 15 is 0 Å². The number of sulfone groups is 1. The SMILES string of the molecule is C#CCN(CCC)C(=O)C(N)CCS(C)(=O)=O. The van der Waals surface area contributed by atoms with E-state index in [1.165, 1.54) is 4.90 Å². The molecular weight excluding hydrogens is 240 g/mol.